The van der Waals surface area contributed by atoms with Gasteiger partial charge in [-0.1, -0.05) is 6.07 Å². The molecule has 1 N–H and O–H groups in total. The standard InChI is InChI=1S/C19H25N3O2/c1-21(2)16-9-14(10-16)11-22-17(12-24-19(22)23)8-13-3-4-18-15(7-13)5-6-20-18/h3-7,14,16-17,20H,8-12H2,1-2H3/t14-,16-,17-/m0/s1. The summed E-state index contributed by atoms with van der Waals surface area (Å²) in [6, 6.07) is 9.38. The zero-order valence-corrected chi connectivity index (χ0v) is 14.4. The van der Waals surface area contributed by atoms with Gasteiger partial charge in [-0.15, -0.1) is 0 Å². The predicted molar refractivity (Wildman–Crippen MR) is 94.0 cm³/mol. The number of rotatable bonds is 5. The summed E-state index contributed by atoms with van der Waals surface area (Å²) in [6.07, 6.45) is 5.03. The second-order valence-electron chi connectivity index (χ2n) is 7.44. The van der Waals surface area contributed by atoms with Gasteiger partial charge in [0.1, 0.15) is 6.61 Å². The molecule has 1 aliphatic heterocycles. The highest BCUT2D eigenvalue weighted by atomic mass is 16.6. The average Bonchev–Trinajstić information content (AvgIpc) is 3.09. The topological polar surface area (TPSA) is 48.6 Å². The number of fused-ring (bicyclic) bond motifs is 1. The van der Waals surface area contributed by atoms with Crippen LogP contribution in [0, 0.1) is 5.92 Å². The lowest BCUT2D eigenvalue weighted by Crippen LogP contribution is -2.47. The Balaban J connectivity index is 1.41. The van der Waals surface area contributed by atoms with Crippen molar-refractivity contribution in [3.8, 4) is 0 Å². The summed E-state index contributed by atoms with van der Waals surface area (Å²) in [7, 11) is 4.26. The molecule has 0 spiro atoms. The van der Waals surface area contributed by atoms with Crippen LogP contribution in [0.15, 0.2) is 30.5 Å². The van der Waals surface area contributed by atoms with Crippen LogP contribution in [-0.4, -0.2) is 60.2 Å². The van der Waals surface area contributed by atoms with Crippen molar-refractivity contribution in [2.24, 2.45) is 5.92 Å². The summed E-state index contributed by atoms with van der Waals surface area (Å²) < 4.78 is 5.34. The van der Waals surface area contributed by atoms with E-state index in [9.17, 15) is 4.79 Å². The molecular weight excluding hydrogens is 302 g/mol. The van der Waals surface area contributed by atoms with Gasteiger partial charge in [0.25, 0.3) is 0 Å². The number of cyclic esters (lactones) is 1. The molecule has 2 heterocycles. The number of aromatic nitrogens is 1. The SMILES string of the molecule is CN(C)[C@H]1C[C@H](CN2C(=O)OC[C@@H]2Cc2ccc3[nH]ccc3c2)C1. The highest BCUT2D eigenvalue weighted by Crippen LogP contribution is 2.33. The Morgan fingerprint density at radius 3 is 2.92 bits per heavy atom. The van der Waals surface area contributed by atoms with Gasteiger partial charge < -0.3 is 19.5 Å². The fourth-order valence-electron chi connectivity index (χ4n) is 3.93. The first-order valence-electron chi connectivity index (χ1n) is 8.76. The summed E-state index contributed by atoms with van der Waals surface area (Å²) in [5.41, 5.74) is 2.41. The van der Waals surface area contributed by atoms with Gasteiger partial charge in [0, 0.05) is 24.3 Å². The minimum absolute atomic E-state index is 0.143. The van der Waals surface area contributed by atoms with Crippen LogP contribution >= 0.6 is 0 Å². The lowest BCUT2D eigenvalue weighted by molar-refractivity contribution is 0.0892. The molecule has 1 atom stereocenters. The average molecular weight is 327 g/mol. The first-order valence-corrected chi connectivity index (χ1v) is 8.76. The molecule has 1 saturated carbocycles. The lowest BCUT2D eigenvalue weighted by atomic mass is 9.79. The predicted octanol–water partition coefficient (Wildman–Crippen LogP) is 2.87. The molecule has 2 aliphatic rings. The van der Waals surface area contributed by atoms with Crippen molar-refractivity contribution < 1.29 is 9.53 Å². The van der Waals surface area contributed by atoms with Crippen molar-refractivity contribution in [2.75, 3.05) is 27.2 Å². The number of carbonyl (C=O) groups is 1. The van der Waals surface area contributed by atoms with Crippen LogP contribution in [0.1, 0.15) is 18.4 Å². The summed E-state index contributed by atoms with van der Waals surface area (Å²) in [4.78, 5) is 19.6. The number of ether oxygens (including phenoxy) is 1. The van der Waals surface area contributed by atoms with E-state index in [0.717, 1.165) is 18.5 Å². The Morgan fingerprint density at radius 2 is 2.12 bits per heavy atom. The zero-order valence-electron chi connectivity index (χ0n) is 14.4. The van der Waals surface area contributed by atoms with Gasteiger partial charge in [-0.05, 0) is 68.4 Å². The monoisotopic (exact) mass is 327 g/mol. The highest BCUT2D eigenvalue weighted by Gasteiger charge is 2.38. The summed E-state index contributed by atoms with van der Waals surface area (Å²) >= 11 is 0. The highest BCUT2D eigenvalue weighted by molar-refractivity contribution is 5.80. The molecule has 1 amide bonds. The van der Waals surface area contributed by atoms with E-state index in [0.29, 0.717) is 18.6 Å². The Hall–Kier alpha value is -2.01. The quantitative estimate of drug-likeness (QED) is 0.919. The third-order valence-corrected chi connectivity index (χ3v) is 5.56. The zero-order chi connectivity index (χ0) is 16.7. The first kappa shape index (κ1) is 15.5. The molecule has 0 unspecified atom stereocenters. The van der Waals surface area contributed by atoms with Crippen molar-refractivity contribution in [3.63, 3.8) is 0 Å². The van der Waals surface area contributed by atoms with E-state index in [4.69, 9.17) is 4.74 Å². The Bertz CT molecular complexity index is 733. The van der Waals surface area contributed by atoms with Gasteiger partial charge in [-0.25, -0.2) is 4.79 Å². The van der Waals surface area contributed by atoms with E-state index in [1.807, 2.05) is 11.1 Å². The molecule has 4 rings (SSSR count). The molecule has 1 aliphatic carbocycles. The van der Waals surface area contributed by atoms with Crippen LogP contribution in [0.4, 0.5) is 4.79 Å². The molecule has 0 radical (unpaired) electrons. The second-order valence-corrected chi connectivity index (χ2v) is 7.44. The van der Waals surface area contributed by atoms with E-state index < -0.39 is 0 Å². The number of nitrogens with zero attached hydrogens (tertiary/aromatic N) is 2. The minimum Gasteiger partial charge on any atom is -0.447 e. The first-order chi connectivity index (χ1) is 11.6. The summed E-state index contributed by atoms with van der Waals surface area (Å²) in [5.74, 6) is 0.609. The Kier molecular flexibility index (Phi) is 3.96. The molecule has 1 saturated heterocycles. The number of nitrogens with one attached hydrogen (secondary N) is 1. The van der Waals surface area contributed by atoms with Crippen molar-refractivity contribution in [1.29, 1.82) is 0 Å². The van der Waals surface area contributed by atoms with Crippen molar-refractivity contribution in [2.45, 2.75) is 31.3 Å². The van der Waals surface area contributed by atoms with Gasteiger partial charge in [-0.3, -0.25) is 0 Å². The fourth-order valence-corrected chi connectivity index (χ4v) is 3.93. The van der Waals surface area contributed by atoms with Crippen molar-refractivity contribution >= 4 is 17.0 Å². The van der Waals surface area contributed by atoms with E-state index in [-0.39, 0.29) is 12.1 Å². The molecule has 24 heavy (non-hydrogen) atoms. The van der Waals surface area contributed by atoms with Crippen LogP contribution in [0.3, 0.4) is 0 Å². The lowest BCUT2D eigenvalue weighted by Gasteiger charge is -2.41. The smallest absolute Gasteiger partial charge is 0.410 e. The van der Waals surface area contributed by atoms with E-state index >= 15 is 0 Å². The number of hydrogen-bond donors (Lipinski definition) is 1. The normalized spacial score (nSPS) is 26.9. The fraction of sp³-hybridized carbons (Fsp3) is 0.526. The van der Waals surface area contributed by atoms with E-state index in [1.54, 1.807) is 0 Å². The van der Waals surface area contributed by atoms with Crippen molar-refractivity contribution in [1.82, 2.24) is 14.8 Å². The summed E-state index contributed by atoms with van der Waals surface area (Å²) in [5, 5.41) is 1.22. The van der Waals surface area contributed by atoms with Gasteiger partial charge in [0.05, 0.1) is 6.04 Å². The third kappa shape index (κ3) is 2.88. The third-order valence-electron chi connectivity index (χ3n) is 5.56. The van der Waals surface area contributed by atoms with E-state index in [1.165, 1.54) is 23.8 Å². The van der Waals surface area contributed by atoms with Crippen molar-refractivity contribution in [3.05, 3.63) is 36.0 Å². The van der Waals surface area contributed by atoms with Crippen LogP contribution in [0.5, 0.6) is 0 Å². The molecule has 1 aromatic carbocycles. The maximum atomic E-state index is 12.1. The number of amides is 1. The molecular formula is C19H25N3O2. The largest absolute Gasteiger partial charge is 0.447 e. The minimum atomic E-state index is -0.143. The maximum Gasteiger partial charge on any atom is 0.410 e. The molecule has 2 aromatic rings. The molecule has 1 aromatic heterocycles. The van der Waals surface area contributed by atoms with Crippen LogP contribution in [-0.2, 0) is 11.2 Å². The van der Waals surface area contributed by atoms with Crippen LogP contribution < -0.4 is 0 Å². The molecule has 5 heteroatoms. The molecule has 0 bridgehead atoms. The Morgan fingerprint density at radius 1 is 1.29 bits per heavy atom. The van der Waals surface area contributed by atoms with Gasteiger partial charge in [0.2, 0.25) is 0 Å². The number of carbonyl (C=O) groups excluding carboxylic acids is 1. The Labute approximate surface area is 142 Å². The molecule has 5 nitrogen and oxygen atoms in total. The maximum absolute atomic E-state index is 12.1. The number of aromatic amines is 1. The van der Waals surface area contributed by atoms with Crippen LogP contribution in [0.2, 0.25) is 0 Å². The molecule has 128 valence electrons. The van der Waals surface area contributed by atoms with Crippen LogP contribution in [0.25, 0.3) is 10.9 Å². The number of H-pyrrole nitrogens is 1. The van der Waals surface area contributed by atoms with Gasteiger partial charge >= 0.3 is 6.09 Å². The van der Waals surface area contributed by atoms with Gasteiger partial charge in [-0.2, -0.15) is 0 Å². The number of hydrogen-bond acceptors (Lipinski definition) is 3. The molecule has 2 fully saturated rings. The van der Waals surface area contributed by atoms with E-state index in [2.05, 4.69) is 48.2 Å². The van der Waals surface area contributed by atoms with Gasteiger partial charge in [0.15, 0.2) is 0 Å². The number of benzene rings is 1. The summed E-state index contributed by atoms with van der Waals surface area (Å²) in [6.45, 7) is 1.34. The second kappa shape index (κ2) is 6.13.